The van der Waals surface area contributed by atoms with E-state index in [9.17, 15) is 0 Å². The van der Waals surface area contributed by atoms with Crippen molar-refractivity contribution in [1.82, 2.24) is 10.3 Å². The number of rotatable bonds is 2. The summed E-state index contributed by atoms with van der Waals surface area (Å²) >= 11 is 0. The van der Waals surface area contributed by atoms with Gasteiger partial charge in [-0.25, -0.2) is 0 Å². The van der Waals surface area contributed by atoms with Crippen molar-refractivity contribution in [3.63, 3.8) is 0 Å². The van der Waals surface area contributed by atoms with Crippen molar-refractivity contribution in [3.8, 4) is 0 Å². The van der Waals surface area contributed by atoms with Crippen LogP contribution in [-0.4, -0.2) is 23.9 Å². The molecule has 0 fully saturated rings. The summed E-state index contributed by atoms with van der Waals surface area (Å²) in [5.74, 6) is 1.87. The Morgan fingerprint density at radius 3 is 2.54 bits per heavy atom. The largest absolute Gasteiger partial charge is 0.339 e. The van der Waals surface area contributed by atoms with Crippen molar-refractivity contribution in [2.24, 2.45) is 16.4 Å². The smallest absolute Gasteiger partial charge is 0.131 e. The Bertz CT molecular complexity index is 201. The highest BCUT2D eigenvalue weighted by Gasteiger charge is 2.28. The minimum absolute atomic E-state index is 0.151. The van der Waals surface area contributed by atoms with Gasteiger partial charge in [0.1, 0.15) is 12.5 Å². The zero-order valence-corrected chi connectivity index (χ0v) is 9.39. The molecule has 0 aromatic carbocycles. The van der Waals surface area contributed by atoms with Crippen molar-refractivity contribution in [3.05, 3.63) is 0 Å². The Labute approximate surface area is 81.2 Å². The maximum atomic E-state index is 4.33. The van der Waals surface area contributed by atoms with E-state index >= 15 is 0 Å². The van der Waals surface area contributed by atoms with Crippen molar-refractivity contribution in [2.75, 3.05) is 13.2 Å². The summed E-state index contributed by atoms with van der Waals surface area (Å²) in [5.41, 5.74) is 3.20. The lowest BCUT2D eigenvalue weighted by Gasteiger charge is -2.28. The van der Waals surface area contributed by atoms with E-state index < -0.39 is 0 Å². The fourth-order valence-corrected chi connectivity index (χ4v) is 1.58. The van der Waals surface area contributed by atoms with E-state index in [1.54, 1.807) is 0 Å². The standard InChI is InChI=1S/C10H21N3/c1-8(2)6-13-7-11-12-9(13)10(3,4)5/h8,11H,6-7H2,1-5H3. The van der Waals surface area contributed by atoms with Crippen LogP contribution in [0.25, 0.3) is 0 Å². The van der Waals surface area contributed by atoms with Crippen molar-refractivity contribution in [1.29, 1.82) is 0 Å². The predicted octanol–water partition coefficient (Wildman–Crippen LogP) is 1.86. The van der Waals surface area contributed by atoms with Gasteiger partial charge in [-0.3, -0.25) is 5.43 Å². The van der Waals surface area contributed by atoms with Crippen LogP contribution in [0.2, 0.25) is 0 Å². The summed E-state index contributed by atoms with van der Waals surface area (Å²) in [5, 5.41) is 4.33. The van der Waals surface area contributed by atoms with E-state index in [2.05, 4.69) is 50.0 Å². The van der Waals surface area contributed by atoms with Crippen LogP contribution in [0.4, 0.5) is 0 Å². The minimum atomic E-state index is 0.151. The monoisotopic (exact) mass is 183 g/mol. The molecule has 0 spiro atoms. The number of nitrogens with zero attached hydrogens (tertiary/aromatic N) is 2. The van der Waals surface area contributed by atoms with Gasteiger partial charge in [-0.05, 0) is 5.92 Å². The van der Waals surface area contributed by atoms with Crippen LogP contribution in [0.5, 0.6) is 0 Å². The lowest BCUT2D eigenvalue weighted by Crippen LogP contribution is -2.39. The van der Waals surface area contributed by atoms with Crippen molar-refractivity contribution >= 4 is 5.84 Å². The molecule has 3 heteroatoms. The molecule has 13 heavy (non-hydrogen) atoms. The van der Waals surface area contributed by atoms with E-state index in [4.69, 9.17) is 0 Å². The van der Waals surface area contributed by atoms with Crippen LogP contribution in [-0.2, 0) is 0 Å². The van der Waals surface area contributed by atoms with E-state index in [1.165, 1.54) is 5.84 Å². The molecule has 1 rings (SSSR count). The van der Waals surface area contributed by atoms with Crippen molar-refractivity contribution in [2.45, 2.75) is 34.6 Å². The van der Waals surface area contributed by atoms with Crippen LogP contribution in [0, 0.1) is 11.3 Å². The van der Waals surface area contributed by atoms with E-state index in [1.807, 2.05) is 0 Å². The molecule has 1 aliphatic rings. The Hall–Kier alpha value is -0.730. The number of hydrazone groups is 1. The zero-order valence-electron chi connectivity index (χ0n) is 9.39. The molecule has 0 unspecified atom stereocenters. The highest BCUT2D eigenvalue weighted by Crippen LogP contribution is 2.21. The average molecular weight is 183 g/mol. The molecule has 0 aliphatic carbocycles. The lowest BCUT2D eigenvalue weighted by atomic mass is 9.94. The molecule has 0 aromatic heterocycles. The Balaban J connectivity index is 2.63. The number of hydrogen-bond donors (Lipinski definition) is 1. The third-order valence-corrected chi connectivity index (χ3v) is 2.00. The number of hydrogen-bond acceptors (Lipinski definition) is 3. The first kappa shape index (κ1) is 10.4. The van der Waals surface area contributed by atoms with Crippen LogP contribution in [0.15, 0.2) is 5.10 Å². The van der Waals surface area contributed by atoms with E-state index in [0.717, 1.165) is 13.2 Å². The summed E-state index contributed by atoms with van der Waals surface area (Å²) in [6, 6.07) is 0. The Morgan fingerprint density at radius 2 is 2.08 bits per heavy atom. The summed E-state index contributed by atoms with van der Waals surface area (Å²) in [6.45, 7) is 13.0. The third kappa shape index (κ3) is 2.61. The normalized spacial score (nSPS) is 17.7. The van der Waals surface area contributed by atoms with Crippen molar-refractivity contribution < 1.29 is 0 Å². The molecule has 3 nitrogen and oxygen atoms in total. The second kappa shape index (κ2) is 3.56. The first-order valence-electron chi connectivity index (χ1n) is 4.97. The number of nitrogens with one attached hydrogen (secondary N) is 1. The molecule has 0 saturated carbocycles. The molecule has 76 valence electrons. The van der Waals surface area contributed by atoms with Gasteiger partial charge in [-0.1, -0.05) is 34.6 Å². The Morgan fingerprint density at radius 1 is 1.46 bits per heavy atom. The second-order valence-electron chi connectivity index (χ2n) is 5.12. The Kier molecular flexibility index (Phi) is 2.84. The lowest BCUT2D eigenvalue weighted by molar-refractivity contribution is 0.345. The topological polar surface area (TPSA) is 27.6 Å². The van der Waals surface area contributed by atoms with Gasteiger partial charge in [-0.15, -0.1) is 0 Å². The fraction of sp³-hybridized carbons (Fsp3) is 0.900. The highest BCUT2D eigenvalue weighted by molar-refractivity contribution is 5.87. The average Bonchev–Trinajstić information content (AvgIpc) is 2.31. The van der Waals surface area contributed by atoms with Gasteiger partial charge in [0.2, 0.25) is 0 Å². The molecular formula is C10H21N3. The van der Waals surface area contributed by atoms with Crippen LogP contribution >= 0.6 is 0 Å². The molecular weight excluding hydrogens is 162 g/mol. The molecule has 1 heterocycles. The fourth-order valence-electron chi connectivity index (χ4n) is 1.58. The molecule has 0 aromatic rings. The first-order chi connectivity index (χ1) is 5.91. The van der Waals surface area contributed by atoms with Gasteiger partial charge < -0.3 is 4.90 Å². The zero-order chi connectivity index (χ0) is 10.1. The summed E-state index contributed by atoms with van der Waals surface area (Å²) in [4.78, 5) is 2.32. The van der Waals surface area contributed by atoms with E-state index in [0.29, 0.717) is 5.92 Å². The minimum Gasteiger partial charge on any atom is -0.339 e. The first-order valence-corrected chi connectivity index (χ1v) is 4.97. The maximum Gasteiger partial charge on any atom is 0.131 e. The van der Waals surface area contributed by atoms with Gasteiger partial charge in [0.25, 0.3) is 0 Å². The maximum absolute atomic E-state index is 4.33. The molecule has 0 bridgehead atoms. The second-order valence-corrected chi connectivity index (χ2v) is 5.12. The van der Waals surface area contributed by atoms with Gasteiger partial charge in [0.05, 0.1) is 0 Å². The van der Waals surface area contributed by atoms with Gasteiger partial charge in [0.15, 0.2) is 0 Å². The molecule has 0 radical (unpaired) electrons. The molecule has 0 amide bonds. The quantitative estimate of drug-likeness (QED) is 0.707. The number of amidine groups is 1. The molecule has 0 saturated heterocycles. The predicted molar refractivity (Wildman–Crippen MR) is 56.4 cm³/mol. The third-order valence-electron chi connectivity index (χ3n) is 2.00. The van der Waals surface area contributed by atoms with Crippen LogP contribution in [0.3, 0.4) is 0 Å². The summed E-state index contributed by atoms with van der Waals surface area (Å²) < 4.78 is 0. The van der Waals surface area contributed by atoms with E-state index in [-0.39, 0.29) is 5.41 Å². The van der Waals surface area contributed by atoms with Gasteiger partial charge >= 0.3 is 0 Å². The van der Waals surface area contributed by atoms with Crippen LogP contribution in [0.1, 0.15) is 34.6 Å². The molecule has 1 N–H and O–H groups in total. The van der Waals surface area contributed by atoms with Gasteiger partial charge in [-0.2, -0.15) is 5.10 Å². The molecule has 0 atom stereocenters. The SMILES string of the molecule is CC(C)CN1CNN=C1C(C)(C)C. The summed E-state index contributed by atoms with van der Waals surface area (Å²) in [7, 11) is 0. The highest BCUT2D eigenvalue weighted by atomic mass is 15.5. The van der Waals surface area contributed by atoms with Crippen LogP contribution < -0.4 is 5.43 Å². The summed E-state index contributed by atoms with van der Waals surface area (Å²) in [6.07, 6.45) is 0. The molecule has 1 aliphatic heterocycles. The van der Waals surface area contributed by atoms with Gasteiger partial charge in [0, 0.05) is 12.0 Å².